The van der Waals surface area contributed by atoms with Crippen LogP contribution in [0.1, 0.15) is 30.9 Å². The molecule has 1 nitrogen and oxygen atoms in total. The van der Waals surface area contributed by atoms with E-state index in [1.807, 2.05) is 23.0 Å². The minimum atomic E-state index is 0.611. The van der Waals surface area contributed by atoms with Gasteiger partial charge in [0.1, 0.15) is 23.0 Å². The van der Waals surface area contributed by atoms with Gasteiger partial charge in [0.2, 0.25) is 0 Å². The van der Waals surface area contributed by atoms with Gasteiger partial charge in [0.15, 0.2) is 0 Å². The Morgan fingerprint density at radius 3 is 2.25 bits per heavy atom. The Morgan fingerprint density at radius 2 is 1.83 bits per heavy atom. The Balaban J connectivity index is 2.71. The summed E-state index contributed by atoms with van der Waals surface area (Å²) < 4.78 is 5.00. The predicted molar refractivity (Wildman–Crippen MR) is 59.3 cm³/mol. The van der Waals surface area contributed by atoms with E-state index in [9.17, 15) is 0 Å². The molecule has 0 saturated heterocycles. The Hall–Kier alpha value is -0.0900. The predicted octanol–water partition coefficient (Wildman–Crippen LogP) is 3.68. The maximum Gasteiger partial charge on any atom is 0.110 e. The van der Waals surface area contributed by atoms with Crippen LogP contribution in [0, 0.1) is 0 Å². The summed E-state index contributed by atoms with van der Waals surface area (Å²) in [6.07, 6.45) is 0. The van der Waals surface area contributed by atoms with Crippen LogP contribution in [0.15, 0.2) is 24.3 Å². The lowest BCUT2D eigenvalue weighted by Gasteiger charge is -2.05. The molecule has 0 saturated carbocycles. The van der Waals surface area contributed by atoms with E-state index in [1.165, 1.54) is 11.1 Å². The van der Waals surface area contributed by atoms with E-state index in [4.69, 9.17) is 3.07 Å². The lowest BCUT2D eigenvalue weighted by Crippen LogP contribution is -1.88. The summed E-state index contributed by atoms with van der Waals surface area (Å²) >= 11 is 1.91. The van der Waals surface area contributed by atoms with Crippen LogP contribution in [0.3, 0.4) is 0 Å². The molecule has 66 valence electrons. The second-order valence-corrected chi connectivity index (χ2v) is 3.77. The Kier molecular flexibility index (Phi) is 4.01. The van der Waals surface area contributed by atoms with Crippen molar-refractivity contribution in [3.8, 4) is 0 Å². The summed E-state index contributed by atoms with van der Waals surface area (Å²) in [5.74, 6) is 0.611. The molecule has 0 N–H and O–H groups in total. The maximum atomic E-state index is 5.00. The molecule has 0 unspecified atom stereocenters. The van der Waals surface area contributed by atoms with Gasteiger partial charge in [-0.1, -0.05) is 38.1 Å². The molecule has 0 heterocycles. The lowest BCUT2D eigenvalue weighted by atomic mass is 10.0. The fraction of sp³-hybridized carbons (Fsp3) is 0.400. The fourth-order valence-electron chi connectivity index (χ4n) is 1.06. The molecule has 0 bridgehead atoms. The van der Waals surface area contributed by atoms with Crippen molar-refractivity contribution in [1.29, 1.82) is 0 Å². The van der Waals surface area contributed by atoms with Gasteiger partial charge in [-0.15, -0.1) is 0 Å². The zero-order chi connectivity index (χ0) is 8.97. The van der Waals surface area contributed by atoms with Crippen LogP contribution in [-0.2, 0) is 9.67 Å². The van der Waals surface area contributed by atoms with Gasteiger partial charge < -0.3 is 3.07 Å². The molecule has 0 aliphatic carbocycles. The van der Waals surface area contributed by atoms with Crippen molar-refractivity contribution < 1.29 is 3.07 Å². The van der Waals surface area contributed by atoms with Crippen LogP contribution in [0.2, 0.25) is 0 Å². The molecule has 1 aromatic carbocycles. The van der Waals surface area contributed by atoms with E-state index in [-0.39, 0.29) is 0 Å². The summed E-state index contributed by atoms with van der Waals surface area (Å²) in [4.78, 5) is 0. The third-order valence-electron chi connectivity index (χ3n) is 1.87. The molecule has 0 atom stereocenters. The van der Waals surface area contributed by atoms with Gasteiger partial charge in [0.05, 0.1) is 6.61 Å². The second kappa shape index (κ2) is 4.82. The van der Waals surface area contributed by atoms with Crippen molar-refractivity contribution in [3.05, 3.63) is 35.4 Å². The number of rotatable bonds is 3. The molecule has 0 fully saturated rings. The van der Waals surface area contributed by atoms with E-state index in [1.54, 1.807) is 0 Å². The largest absolute Gasteiger partial charge is 0.311 e. The van der Waals surface area contributed by atoms with Gasteiger partial charge in [0.25, 0.3) is 0 Å². The molecular weight excluding hydrogens is 263 g/mol. The lowest BCUT2D eigenvalue weighted by molar-refractivity contribution is 0.418. The smallest absolute Gasteiger partial charge is 0.110 e. The molecule has 0 radical (unpaired) electrons. The number of benzene rings is 1. The quantitative estimate of drug-likeness (QED) is 0.765. The number of hydrogen-bond donors (Lipinski definition) is 0. The Labute approximate surface area is 87.8 Å². The van der Waals surface area contributed by atoms with E-state index < -0.39 is 0 Å². The standard InChI is InChI=1S/C10H13IO/c1-8(2)10-5-3-9(4-6-10)7-12-11/h3-6,8H,7H2,1-2H3. The highest BCUT2D eigenvalue weighted by Crippen LogP contribution is 2.15. The summed E-state index contributed by atoms with van der Waals surface area (Å²) in [5.41, 5.74) is 2.61. The number of hydrogen-bond acceptors (Lipinski definition) is 1. The summed E-state index contributed by atoms with van der Waals surface area (Å²) in [7, 11) is 0. The third kappa shape index (κ3) is 2.75. The monoisotopic (exact) mass is 276 g/mol. The Morgan fingerprint density at radius 1 is 1.25 bits per heavy atom. The number of halogens is 1. The van der Waals surface area contributed by atoms with Gasteiger partial charge in [-0.3, -0.25) is 0 Å². The first-order valence-electron chi connectivity index (χ1n) is 4.06. The van der Waals surface area contributed by atoms with E-state index in [0.717, 1.165) is 0 Å². The molecule has 0 amide bonds. The van der Waals surface area contributed by atoms with Crippen molar-refractivity contribution in [2.75, 3.05) is 0 Å². The van der Waals surface area contributed by atoms with Crippen molar-refractivity contribution in [3.63, 3.8) is 0 Å². The van der Waals surface area contributed by atoms with Crippen molar-refractivity contribution in [2.24, 2.45) is 0 Å². The average Bonchev–Trinajstić information content (AvgIpc) is 2.06. The SMILES string of the molecule is CC(C)c1ccc(COI)cc1. The topological polar surface area (TPSA) is 9.23 Å². The summed E-state index contributed by atoms with van der Waals surface area (Å²) in [6.45, 7) is 5.09. The average molecular weight is 276 g/mol. The fourth-order valence-corrected chi connectivity index (χ4v) is 1.42. The third-order valence-corrected chi connectivity index (χ3v) is 2.18. The molecule has 0 spiro atoms. The van der Waals surface area contributed by atoms with Crippen molar-refractivity contribution >= 4 is 23.0 Å². The van der Waals surface area contributed by atoms with Gasteiger partial charge in [0, 0.05) is 0 Å². The van der Waals surface area contributed by atoms with Crippen LogP contribution in [0.4, 0.5) is 0 Å². The highest BCUT2D eigenvalue weighted by molar-refractivity contribution is 14.1. The van der Waals surface area contributed by atoms with Gasteiger partial charge in [-0.2, -0.15) is 0 Å². The summed E-state index contributed by atoms with van der Waals surface area (Å²) in [6, 6.07) is 8.56. The van der Waals surface area contributed by atoms with Gasteiger partial charge in [-0.05, 0) is 17.0 Å². The van der Waals surface area contributed by atoms with Crippen LogP contribution in [-0.4, -0.2) is 0 Å². The van der Waals surface area contributed by atoms with Crippen molar-refractivity contribution in [1.82, 2.24) is 0 Å². The zero-order valence-corrected chi connectivity index (χ0v) is 9.54. The molecule has 0 aromatic heterocycles. The molecular formula is C10H13IO. The molecule has 1 aromatic rings. The molecule has 0 aliphatic rings. The molecule has 12 heavy (non-hydrogen) atoms. The minimum absolute atomic E-state index is 0.611. The van der Waals surface area contributed by atoms with Crippen LogP contribution in [0.25, 0.3) is 0 Å². The van der Waals surface area contributed by atoms with Crippen molar-refractivity contribution in [2.45, 2.75) is 26.4 Å². The Bertz CT molecular complexity index is 228. The van der Waals surface area contributed by atoms with Crippen LogP contribution in [0.5, 0.6) is 0 Å². The highest BCUT2D eigenvalue weighted by atomic mass is 127. The molecule has 2 heteroatoms. The van der Waals surface area contributed by atoms with Crippen LogP contribution >= 0.6 is 23.0 Å². The normalized spacial score (nSPS) is 10.7. The minimum Gasteiger partial charge on any atom is -0.311 e. The maximum absolute atomic E-state index is 5.00. The van der Waals surface area contributed by atoms with E-state index >= 15 is 0 Å². The summed E-state index contributed by atoms with van der Waals surface area (Å²) in [5, 5.41) is 0. The highest BCUT2D eigenvalue weighted by Gasteiger charge is 1.97. The first kappa shape index (κ1) is 9.99. The van der Waals surface area contributed by atoms with E-state index in [2.05, 4.69) is 38.1 Å². The zero-order valence-electron chi connectivity index (χ0n) is 7.38. The molecule has 0 aliphatic heterocycles. The van der Waals surface area contributed by atoms with Gasteiger partial charge >= 0.3 is 0 Å². The van der Waals surface area contributed by atoms with E-state index in [0.29, 0.717) is 12.5 Å². The second-order valence-electron chi connectivity index (χ2n) is 3.15. The first-order valence-corrected chi connectivity index (χ1v) is 4.94. The van der Waals surface area contributed by atoms with Gasteiger partial charge in [-0.25, -0.2) is 0 Å². The van der Waals surface area contributed by atoms with Crippen LogP contribution < -0.4 is 0 Å². The molecule has 1 rings (SSSR count). The first-order chi connectivity index (χ1) is 5.74.